The van der Waals surface area contributed by atoms with Crippen LogP contribution in [0.2, 0.25) is 0 Å². The lowest BCUT2D eigenvalue weighted by Gasteiger charge is -2.09. The molecule has 0 radical (unpaired) electrons. The first kappa shape index (κ1) is 9.44. The molecule has 0 spiro atoms. The lowest BCUT2D eigenvalue weighted by atomic mass is 10.9. The largest absolute Gasteiger partial charge is 0.346 e. The number of rotatable bonds is 4. The van der Waals surface area contributed by atoms with Crippen molar-refractivity contribution < 1.29 is 13.2 Å². The van der Waals surface area contributed by atoms with E-state index in [4.69, 9.17) is 16.4 Å². The fourth-order valence-corrected chi connectivity index (χ4v) is 1.48. The van der Waals surface area contributed by atoms with Crippen LogP contribution in [0.3, 0.4) is 0 Å². The first-order valence-electron chi connectivity index (χ1n) is 2.72. The van der Waals surface area contributed by atoms with Crippen LogP contribution in [-0.4, -0.2) is 12.8 Å². The van der Waals surface area contributed by atoms with E-state index in [-0.39, 0.29) is 0 Å². The van der Waals surface area contributed by atoms with Gasteiger partial charge in [0.25, 0.3) is 0 Å². The zero-order valence-corrected chi connectivity index (χ0v) is 7.11. The maximum atomic E-state index is 11.0. The van der Waals surface area contributed by atoms with Crippen LogP contribution in [0.5, 0.6) is 0 Å². The van der Waals surface area contributed by atoms with Crippen molar-refractivity contribution in [1.29, 1.82) is 0 Å². The minimum Gasteiger partial charge on any atom is -0.308 e. The Bertz CT molecular complexity index is 108. The van der Waals surface area contributed by atoms with Gasteiger partial charge in [0.2, 0.25) is 0 Å². The highest BCUT2D eigenvalue weighted by molar-refractivity contribution is 7.54. The summed E-state index contributed by atoms with van der Waals surface area (Å²) in [7, 11) is -2.92. The predicted octanol–water partition coefficient (Wildman–Crippen LogP) is 2.41. The van der Waals surface area contributed by atoms with Crippen LogP contribution in [0.15, 0.2) is 0 Å². The van der Waals surface area contributed by atoms with Crippen molar-refractivity contribution in [2.75, 3.05) is 12.8 Å². The van der Waals surface area contributed by atoms with Gasteiger partial charge in [0.05, 0.1) is 18.5 Å². The molecule has 0 N–H and O–H groups in total. The Morgan fingerprint density at radius 2 is 2.11 bits per heavy atom. The van der Waals surface area contributed by atoms with Crippen LogP contribution < -0.4 is 0 Å². The average molecular weight is 173 g/mol. The van der Waals surface area contributed by atoms with Crippen LogP contribution in [0, 0.1) is 0 Å². The van der Waals surface area contributed by atoms with Crippen LogP contribution in [-0.2, 0) is 13.2 Å². The summed E-state index contributed by atoms with van der Waals surface area (Å²) in [5.41, 5.74) is 0. The fourth-order valence-electron chi connectivity index (χ4n) is 0.357. The molecule has 3 nitrogen and oxygen atoms in total. The molecule has 56 valence electrons. The molecule has 1 unspecified atom stereocenters. The van der Waals surface area contributed by atoms with E-state index in [9.17, 15) is 4.57 Å². The number of hydrogen-bond donors (Lipinski definition) is 0. The Balaban J connectivity index is 3.78. The molecule has 0 bridgehead atoms. The zero-order valence-electron chi connectivity index (χ0n) is 5.46. The van der Waals surface area contributed by atoms with Gasteiger partial charge in [-0.05, 0) is 6.92 Å². The Morgan fingerprint density at radius 1 is 1.56 bits per heavy atom. The van der Waals surface area contributed by atoms with Crippen molar-refractivity contribution in [2.45, 2.75) is 13.8 Å². The van der Waals surface area contributed by atoms with Gasteiger partial charge in [-0.1, -0.05) is 6.92 Å². The maximum Gasteiger partial charge on any atom is 0.346 e. The van der Waals surface area contributed by atoms with Gasteiger partial charge in [-0.15, -0.1) is 0 Å². The molecule has 0 aromatic heterocycles. The first-order valence-corrected chi connectivity index (χ1v) is 4.76. The molecule has 0 rings (SSSR count). The molecule has 0 saturated heterocycles. The molecule has 0 aliphatic rings. The second-order valence-corrected chi connectivity index (χ2v) is 4.08. The topological polar surface area (TPSA) is 35.5 Å². The quantitative estimate of drug-likeness (QED) is 0.611. The van der Waals surface area contributed by atoms with Gasteiger partial charge in [0.1, 0.15) is 0 Å². The molecular weight excluding hydrogens is 162 g/mol. The number of hydrogen-bond acceptors (Lipinski definition) is 3. The maximum absolute atomic E-state index is 11.0. The smallest absolute Gasteiger partial charge is 0.308 e. The van der Waals surface area contributed by atoms with E-state index in [0.717, 1.165) is 0 Å². The predicted molar refractivity (Wildman–Crippen MR) is 36.7 cm³/mol. The Morgan fingerprint density at radius 3 is 2.22 bits per heavy atom. The molecule has 1 atom stereocenters. The van der Waals surface area contributed by atoms with Crippen LogP contribution in [0.1, 0.15) is 13.8 Å². The second-order valence-electron chi connectivity index (χ2n) is 1.41. The third-order valence-electron chi connectivity index (χ3n) is 0.818. The van der Waals surface area contributed by atoms with E-state index < -0.39 is 7.60 Å². The van der Waals surface area contributed by atoms with Gasteiger partial charge in [0, 0.05) is 6.16 Å². The van der Waals surface area contributed by atoms with Gasteiger partial charge in [-0.3, -0.25) is 4.57 Å². The molecule has 0 amide bonds. The first-order chi connectivity index (χ1) is 4.18. The van der Waals surface area contributed by atoms with Crippen LogP contribution in [0.4, 0.5) is 0 Å². The van der Waals surface area contributed by atoms with E-state index >= 15 is 0 Å². The summed E-state index contributed by atoms with van der Waals surface area (Å²) >= 11 is 4.90. The van der Waals surface area contributed by atoms with Gasteiger partial charge < -0.3 is 4.52 Å². The van der Waals surface area contributed by atoms with Crippen molar-refractivity contribution in [3.63, 3.8) is 0 Å². The zero-order chi connectivity index (χ0) is 7.33. The van der Waals surface area contributed by atoms with Gasteiger partial charge in [0.15, 0.2) is 0 Å². The van der Waals surface area contributed by atoms with Crippen molar-refractivity contribution in [2.24, 2.45) is 0 Å². The van der Waals surface area contributed by atoms with E-state index in [0.29, 0.717) is 12.8 Å². The normalized spacial score (nSPS) is 17.2. The minimum atomic E-state index is -2.92. The highest BCUT2D eigenvalue weighted by atomic mass is 35.5. The lowest BCUT2D eigenvalue weighted by molar-refractivity contribution is 0.286. The summed E-state index contributed by atoms with van der Waals surface area (Å²) in [6.07, 6.45) is 0.310. The summed E-state index contributed by atoms with van der Waals surface area (Å²) < 4.78 is 19.8. The van der Waals surface area contributed by atoms with Gasteiger partial charge in [-0.25, -0.2) is 0 Å². The van der Waals surface area contributed by atoms with Crippen molar-refractivity contribution in [3.8, 4) is 0 Å². The van der Waals surface area contributed by atoms with Gasteiger partial charge >= 0.3 is 7.60 Å². The highest BCUT2D eigenvalue weighted by Crippen LogP contribution is 2.48. The standard InChI is InChI=1S/C4H10ClO3P/c1-3-7-9(6,4-2)8-5/h3-4H2,1-2H3. The van der Waals surface area contributed by atoms with E-state index in [1.807, 2.05) is 0 Å². The summed E-state index contributed by atoms with van der Waals surface area (Å²) in [4.78, 5) is 0. The summed E-state index contributed by atoms with van der Waals surface area (Å²) in [5.74, 6) is 0. The monoisotopic (exact) mass is 172 g/mol. The fraction of sp³-hybridized carbons (Fsp3) is 1.00. The third kappa shape index (κ3) is 3.21. The van der Waals surface area contributed by atoms with E-state index in [2.05, 4.69) is 4.08 Å². The number of halogens is 1. The minimum absolute atomic E-state index is 0.310. The van der Waals surface area contributed by atoms with E-state index in [1.54, 1.807) is 13.8 Å². The molecule has 0 aliphatic heterocycles. The molecule has 0 saturated carbocycles. The molecule has 0 heterocycles. The van der Waals surface area contributed by atoms with Gasteiger partial charge in [-0.2, -0.15) is 4.08 Å². The summed E-state index contributed by atoms with van der Waals surface area (Å²) in [6.45, 7) is 3.79. The molecule has 0 aliphatic carbocycles. The Kier molecular flexibility index (Phi) is 4.50. The van der Waals surface area contributed by atoms with Crippen LogP contribution in [0.25, 0.3) is 0 Å². The SMILES string of the molecule is CCOP(=O)(CC)OCl. The van der Waals surface area contributed by atoms with Crippen molar-refractivity contribution in [1.82, 2.24) is 0 Å². The molecule has 0 aromatic carbocycles. The highest BCUT2D eigenvalue weighted by Gasteiger charge is 2.19. The second kappa shape index (κ2) is 4.29. The Hall–Kier alpha value is 0.440. The van der Waals surface area contributed by atoms with Crippen molar-refractivity contribution in [3.05, 3.63) is 0 Å². The molecule has 5 heteroatoms. The summed E-state index contributed by atoms with van der Waals surface area (Å²) in [5, 5.41) is 0. The summed E-state index contributed by atoms with van der Waals surface area (Å²) in [6, 6.07) is 0. The lowest BCUT2D eigenvalue weighted by Crippen LogP contribution is -1.91. The molecule has 0 aromatic rings. The van der Waals surface area contributed by atoms with Crippen molar-refractivity contribution >= 4 is 19.5 Å². The molecular formula is C4H10ClO3P. The molecule has 0 fully saturated rings. The average Bonchev–Trinajstić information content (AvgIpc) is 1.89. The van der Waals surface area contributed by atoms with Crippen LogP contribution >= 0.6 is 19.5 Å². The Labute approximate surface area is 60.0 Å². The molecule has 9 heavy (non-hydrogen) atoms. The van der Waals surface area contributed by atoms with E-state index in [1.165, 1.54) is 0 Å². The third-order valence-corrected chi connectivity index (χ3v) is 3.09.